The van der Waals surface area contributed by atoms with Gasteiger partial charge in [-0.2, -0.15) is 0 Å². The van der Waals surface area contributed by atoms with Crippen molar-refractivity contribution in [1.29, 1.82) is 0 Å². The summed E-state index contributed by atoms with van der Waals surface area (Å²) < 4.78 is 5.53. The second-order valence-corrected chi connectivity index (χ2v) is 4.61. The van der Waals surface area contributed by atoms with Gasteiger partial charge in [0.1, 0.15) is 0 Å². The summed E-state index contributed by atoms with van der Waals surface area (Å²) in [5, 5.41) is 3.26. The molecule has 0 unspecified atom stereocenters. The van der Waals surface area contributed by atoms with Gasteiger partial charge in [0.15, 0.2) is 9.76 Å². The fraction of sp³-hybridized carbons (Fsp3) is 1.00. The van der Waals surface area contributed by atoms with Gasteiger partial charge in [0, 0.05) is 19.2 Å². The van der Waals surface area contributed by atoms with Crippen LogP contribution in [0, 0.1) is 0 Å². The van der Waals surface area contributed by atoms with Gasteiger partial charge >= 0.3 is 0 Å². The molecule has 0 aromatic heterocycles. The zero-order valence-corrected chi connectivity index (χ0v) is 9.72. The van der Waals surface area contributed by atoms with Crippen molar-refractivity contribution in [1.82, 2.24) is 5.32 Å². The van der Waals surface area contributed by atoms with Crippen molar-refractivity contribution < 1.29 is 4.43 Å². The van der Waals surface area contributed by atoms with E-state index < -0.39 is 0 Å². The van der Waals surface area contributed by atoms with Crippen molar-refractivity contribution in [2.24, 2.45) is 5.73 Å². The van der Waals surface area contributed by atoms with Crippen LogP contribution in [0.5, 0.6) is 0 Å². The molecule has 0 aliphatic heterocycles. The third-order valence-electron chi connectivity index (χ3n) is 1.52. The normalized spacial score (nSPS) is 12.0. The molecule has 0 heterocycles. The van der Waals surface area contributed by atoms with Gasteiger partial charge in [-0.15, -0.1) is 0 Å². The van der Waals surface area contributed by atoms with Gasteiger partial charge in [0.2, 0.25) is 0 Å². The summed E-state index contributed by atoms with van der Waals surface area (Å²) in [6.45, 7) is 6.96. The van der Waals surface area contributed by atoms with Gasteiger partial charge in [-0.25, -0.2) is 0 Å². The third-order valence-corrected chi connectivity index (χ3v) is 3.21. The molecule has 0 rings (SSSR count). The van der Waals surface area contributed by atoms with Crippen molar-refractivity contribution in [3.63, 3.8) is 0 Å². The molecule has 0 bridgehead atoms. The number of hydrogen-bond acceptors (Lipinski definition) is 3. The Morgan fingerprint density at radius 2 is 2.17 bits per heavy atom. The minimum absolute atomic E-state index is 0.242. The SMILES string of the molecule is CC(C)O[SiH2]CCCNCCN. The third kappa shape index (κ3) is 10.1. The van der Waals surface area contributed by atoms with E-state index in [1.807, 2.05) is 0 Å². The predicted molar refractivity (Wildman–Crippen MR) is 56.1 cm³/mol. The summed E-state index contributed by atoms with van der Waals surface area (Å²) >= 11 is 0. The molecular weight excluding hydrogens is 168 g/mol. The first-order chi connectivity index (χ1) is 5.77. The minimum atomic E-state index is -0.242. The first-order valence-electron chi connectivity index (χ1n) is 4.79. The second-order valence-electron chi connectivity index (χ2n) is 3.17. The summed E-state index contributed by atoms with van der Waals surface area (Å²) in [5.41, 5.74) is 5.33. The van der Waals surface area contributed by atoms with Crippen molar-refractivity contribution in [2.45, 2.75) is 32.4 Å². The molecule has 0 saturated carbocycles. The Morgan fingerprint density at radius 1 is 1.42 bits per heavy atom. The maximum Gasteiger partial charge on any atom is 0.161 e. The molecule has 0 saturated heterocycles. The molecule has 4 heteroatoms. The van der Waals surface area contributed by atoms with E-state index >= 15 is 0 Å². The summed E-state index contributed by atoms with van der Waals surface area (Å²) in [7, 11) is -0.242. The molecule has 0 fully saturated rings. The van der Waals surface area contributed by atoms with Gasteiger partial charge in [-0.1, -0.05) is 0 Å². The maximum atomic E-state index is 5.53. The fourth-order valence-corrected chi connectivity index (χ4v) is 1.99. The molecule has 0 radical (unpaired) electrons. The van der Waals surface area contributed by atoms with E-state index in [9.17, 15) is 0 Å². The highest BCUT2D eigenvalue weighted by atomic mass is 28.2. The molecule has 74 valence electrons. The highest BCUT2D eigenvalue weighted by Crippen LogP contribution is 1.91. The van der Waals surface area contributed by atoms with Gasteiger partial charge < -0.3 is 15.5 Å². The zero-order chi connectivity index (χ0) is 9.23. The van der Waals surface area contributed by atoms with Crippen LogP contribution >= 0.6 is 0 Å². The van der Waals surface area contributed by atoms with Crippen LogP contribution in [-0.2, 0) is 4.43 Å². The van der Waals surface area contributed by atoms with Crippen LogP contribution in [0.25, 0.3) is 0 Å². The molecule has 12 heavy (non-hydrogen) atoms. The average Bonchev–Trinajstić information content (AvgIpc) is 2.02. The molecule has 0 aromatic rings. The first-order valence-corrected chi connectivity index (χ1v) is 6.37. The monoisotopic (exact) mass is 190 g/mol. The maximum absolute atomic E-state index is 5.53. The van der Waals surface area contributed by atoms with Crippen LogP contribution in [0.2, 0.25) is 6.04 Å². The van der Waals surface area contributed by atoms with Crippen LogP contribution in [-0.4, -0.2) is 35.5 Å². The Morgan fingerprint density at radius 3 is 2.75 bits per heavy atom. The molecular formula is C8H22N2OSi. The van der Waals surface area contributed by atoms with E-state index in [0.717, 1.165) is 19.6 Å². The second kappa shape index (κ2) is 9.19. The van der Waals surface area contributed by atoms with E-state index in [1.54, 1.807) is 0 Å². The largest absolute Gasteiger partial charge is 0.422 e. The first kappa shape index (κ1) is 12.1. The Hall–Kier alpha value is 0.0969. The highest BCUT2D eigenvalue weighted by molar-refractivity contribution is 6.27. The molecule has 0 spiro atoms. The van der Waals surface area contributed by atoms with Gasteiger partial charge in [-0.3, -0.25) is 0 Å². The number of hydrogen-bond donors (Lipinski definition) is 2. The Bertz CT molecular complexity index is 91.1. The van der Waals surface area contributed by atoms with E-state index in [1.165, 1.54) is 12.5 Å². The van der Waals surface area contributed by atoms with Crippen LogP contribution in [0.15, 0.2) is 0 Å². The van der Waals surface area contributed by atoms with Gasteiger partial charge in [0.05, 0.1) is 0 Å². The lowest BCUT2D eigenvalue weighted by Crippen LogP contribution is -2.23. The Kier molecular flexibility index (Phi) is 9.26. The summed E-state index contributed by atoms with van der Waals surface area (Å²) in [6.07, 6.45) is 1.66. The van der Waals surface area contributed by atoms with Gasteiger partial charge in [-0.05, 0) is 32.9 Å². The number of nitrogens with one attached hydrogen (secondary N) is 1. The molecule has 0 aromatic carbocycles. The summed E-state index contributed by atoms with van der Waals surface area (Å²) in [5.74, 6) is 0. The lowest BCUT2D eigenvalue weighted by Gasteiger charge is -2.06. The smallest absolute Gasteiger partial charge is 0.161 e. The van der Waals surface area contributed by atoms with Crippen molar-refractivity contribution in [3.8, 4) is 0 Å². The summed E-state index contributed by atoms with van der Waals surface area (Å²) in [6, 6.07) is 1.27. The topological polar surface area (TPSA) is 47.3 Å². The van der Waals surface area contributed by atoms with E-state index in [4.69, 9.17) is 10.2 Å². The van der Waals surface area contributed by atoms with Crippen LogP contribution in [0.3, 0.4) is 0 Å². The fourth-order valence-electron chi connectivity index (χ4n) is 0.898. The molecule has 0 aliphatic carbocycles. The predicted octanol–water partition coefficient (Wildman–Crippen LogP) is -0.148. The van der Waals surface area contributed by atoms with Crippen LogP contribution < -0.4 is 11.1 Å². The quantitative estimate of drug-likeness (QED) is 0.413. The van der Waals surface area contributed by atoms with Crippen molar-refractivity contribution in [2.75, 3.05) is 19.6 Å². The van der Waals surface area contributed by atoms with E-state index in [2.05, 4.69) is 19.2 Å². The van der Waals surface area contributed by atoms with Crippen molar-refractivity contribution >= 4 is 9.76 Å². The minimum Gasteiger partial charge on any atom is -0.422 e. The molecule has 0 amide bonds. The lowest BCUT2D eigenvalue weighted by atomic mass is 10.5. The van der Waals surface area contributed by atoms with E-state index in [0.29, 0.717) is 6.10 Å². The van der Waals surface area contributed by atoms with Crippen molar-refractivity contribution in [3.05, 3.63) is 0 Å². The van der Waals surface area contributed by atoms with Gasteiger partial charge in [0.25, 0.3) is 0 Å². The lowest BCUT2D eigenvalue weighted by molar-refractivity contribution is 0.255. The van der Waals surface area contributed by atoms with Crippen LogP contribution in [0.4, 0.5) is 0 Å². The molecule has 0 atom stereocenters. The highest BCUT2D eigenvalue weighted by Gasteiger charge is 1.93. The standard InChI is InChI=1S/C8H22N2OSi/c1-8(2)11-12-7-3-5-10-6-4-9/h8,10H,3-7,9,12H2,1-2H3. The zero-order valence-electron chi connectivity index (χ0n) is 8.31. The number of nitrogens with two attached hydrogens (primary N) is 1. The van der Waals surface area contributed by atoms with E-state index in [-0.39, 0.29) is 9.76 Å². The number of rotatable bonds is 8. The summed E-state index contributed by atoms with van der Waals surface area (Å²) in [4.78, 5) is 0. The van der Waals surface area contributed by atoms with Crippen LogP contribution in [0.1, 0.15) is 20.3 Å². The Labute approximate surface area is 78.0 Å². The molecule has 3 nitrogen and oxygen atoms in total. The average molecular weight is 190 g/mol. The molecule has 3 N–H and O–H groups in total. The molecule has 0 aliphatic rings. The Balaban J connectivity index is 2.82.